The lowest BCUT2D eigenvalue weighted by molar-refractivity contribution is -0.231. The second kappa shape index (κ2) is 9.48. The minimum absolute atomic E-state index is 0.0677. The first-order valence-electron chi connectivity index (χ1n) is 8.74. The molecule has 138 valence electrons. The Balaban J connectivity index is 1.47. The van der Waals surface area contributed by atoms with Crippen LogP contribution < -0.4 is 0 Å². The lowest BCUT2D eigenvalue weighted by Gasteiger charge is -2.42. The fourth-order valence-electron chi connectivity index (χ4n) is 2.95. The molecule has 0 bridgehead atoms. The molecule has 3 atom stereocenters. The maximum absolute atomic E-state index is 11.8. The van der Waals surface area contributed by atoms with Crippen molar-refractivity contribution in [1.82, 2.24) is 0 Å². The number of rotatable bonds is 9. The minimum Gasteiger partial charge on any atom is -0.467 e. The maximum atomic E-state index is 11.8. The third-order valence-electron chi connectivity index (χ3n) is 4.44. The zero-order valence-corrected chi connectivity index (χ0v) is 14.9. The van der Waals surface area contributed by atoms with E-state index in [9.17, 15) is 4.79 Å². The van der Waals surface area contributed by atoms with Crippen LogP contribution in [0.15, 0.2) is 60.7 Å². The average Bonchev–Trinajstić information content (AvgIpc) is 2.68. The Morgan fingerprint density at radius 2 is 1.42 bits per heavy atom. The molecular formula is C21H24O5. The molecule has 3 rings (SSSR count). The Morgan fingerprint density at radius 1 is 0.885 bits per heavy atom. The smallest absolute Gasteiger partial charge is 0.335 e. The molecule has 2 aromatic carbocycles. The van der Waals surface area contributed by atoms with Crippen molar-refractivity contribution in [2.24, 2.45) is 5.92 Å². The normalized spacial score (nSPS) is 21.8. The first kappa shape index (κ1) is 18.6. The van der Waals surface area contributed by atoms with Crippen LogP contribution in [0.5, 0.6) is 0 Å². The molecule has 26 heavy (non-hydrogen) atoms. The summed E-state index contributed by atoms with van der Waals surface area (Å²) >= 11 is 0. The van der Waals surface area contributed by atoms with Crippen LogP contribution in [0.4, 0.5) is 0 Å². The highest BCUT2D eigenvalue weighted by atomic mass is 16.6. The molecule has 0 aliphatic carbocycles. The highest BCUT2D eigenvalue weighted by Crippen LogP contribution is 2.30. The first-order valence-corrected chi connectivity index (χ1v) is 8.74. The van der Waals surface area contributed by atoms with Gasteiger partial charge >= 0.3 is 5.97 Å². The molecule has 0 saturated carbocycles. The summed E-state index contributed by atoms with van der Waals surface area (Å²) in [4.78, 5) is 11.8. The van der Waals surface area contributed by atoms with Gasteiger partial charge in [0.15, 0.2) is 6.10 Å². The van der Waals surface area contributed by atoms with Crippen molar-refractivity contribution in [3.05, 3.63) is 71.8 Å². The van der Waals surface area contributed by atoms with Gasteiger partial charge in [0.1, 0.15) is 0 Å². The third-order valence-corrected chi connectivity index (χ3v) is 4.44. The average molecular weight is 356 g/mol. The fraction of sp³-hybridized carbons (Fsp3) is 0.381. The molecule has 0 unspecified atom stereocenters. The number of carbonyl (C=O) groups excluding carboxylic acids is 1. The van der Waals surface area contributed by atoms with Gasteiger partial charge in [0.2, 0.25) is 0 Å². The molecule has 0 spiro atoms. The number of ether oxygens (including phenoxy) is 4. The van der Waals surface area contributed by atoms with E-state index < -0.39 is 6.10 Å². The van der Waals surface area contributed by atoms with Crippen LogP contribution in [0.3, 0.4) is 0 Å². The van der Waals surface area contributed by atoms with E-state index in [0.717, 1.165) is 11.1 Å². The molecule has 1 aliphatic heterocycles. The highest BCUT2D eigenvalue weighted by Gasteiger charge is 2.47. The predicted octanol–water partition coefficient (Wildman–Crippen LogP) is 2.98. The zero-order valence-electron chi connectivity index (χ0n) is 14.9. The van der Waals surface area contributed by atoms with Gasteiger partial charge in [-0.2, -0.15) is 0 Å². The van der Waals surface area contributed by atoms with E-state index >= 15 is 0 Å². The van der Waals surface area contributed by atoms with Crippen molar-refractivity contribution in [3.63, 3.8) is 0 Å². The summed E-state index contributed by atoms with van der Waals surface area (Å²) in [5.41, 5.74) is 2.20. The maximum Gasteiger partial charge on any atom is 0.335 e. The van der Waals surface area contributed by atoms with Crippen LogP contribution in [-0.4, -0.2) is 38.5 Å². The van der Waals surface area contributed by atoms with Crippen molar-refractivity contribution < 1.29 is 23.7 Å². The van der Waals surface area contributed by atoms with Gasteiger partial charge in [-0.05, 0) is 11.1 Å². The van der Waals surface area contributed by atoms with E-state index in [4.69, 9.17) is 18.9 Å². The predicted molar refractivity (Wildman–Crippen MR) is 96.4 cm³/mol. The Bertz CT molecular complexity index is 673. The lowest BCUT2D eigenvalue weighted by Crippen LogP contribution is -2.57. The molecule has 0 N–H and O–H groups in total. The second-order valence-corrected chi connectivity index (χ2v) is 6.28. The Morgan fingerprint density at radius 3 is 1.96 bits per heavy atom. The van der Waals surface area contributed by atoms with Crippen LogP contribution >= 0.6 is 0 Å². The largest absolute Gasteiger partial charge is 0.467 e. The van der Waals surface area contributed by atoms with E-state index in [1.165, 1.54) is 7.11 Å². The molecule has 0 amide bonds. The lowest BCUT2D eigenvalue weighted by atomic mass is 9.90. The summed E-state index contributed by atoms with van der Waals surface area (Å²) in [7, 11) is 1.37. The third kappa shape index (κ3) is 4.91. The van der Waals surface area contributed by atoms with Crippen molar-refractivity contribution >= 4 is 5.97 Å². The van der Waals surface area contributed by atoms with Crippen molar-refractivity contribution in [1.29, 1.82) is 0 Å². The second-order valence-electron chi connectivity index (χ2n) is 6.28. The SMILES string of the molecule is COC(=O)[C@@H]1O[C@H](COCc2ccccc2)[C@H]1COCc1ccccc1. The van der Waals surface area contributed by atoms with Gasteiger partial charge in [0.25, 0.3) is 0 Å². The number of methoxy groups -OCH3 is 1. The van der Waals surface area contributed by atoms with Crippen LogP contribution in [0.25, 0.3) is 0 Å². The molecule has 0 radical (unpaired) electrons. The Labute approximate surface area is 153 Å². The monoisotopic (exact) mass is 356 g/mol. The quantitative estimate of drug-likeness (QED) is 0.647. The molecule has 1 heterocycles. The van der Waals surface area contributed by atoms with Crippen LogP contribution in [-0.2, 0) is 37.0 Å². The molecule has 2 aromatic rings. The standard InChI is InChI=1S/C21H24O5/c1-23-21(22)20-18(14-24-12-16-8-4-2-5-9-16)19(26-20)15-25-13-17-10-6-3-7-11-17/h2-11,18-20H,12-15H2,1H3/t18-,19-,20-/m1/s1. The molecule has 0 aromatic heterocycles. The molecule has 1 fully saturated rings. The summed E-state index contributed by atoms with van der Waals surface area (Å²) in [6.45, 7) is 1.86. The van der Waals surface area contributed by atoms with Gasteiger partial charge in [0, 0.05) is 5.92 Å². The van der Waals surface area contributed by atoms with Gasteiger partial charge in [-0.3, -0.25) is 0 Å². The summed E-state index contributed by atoms with van der Waals surface area (Å²) < 4.78 is 22.0. The number of carbonyl (C=O) groups is 1. The first-order chi connectivity index (χ1) is 12.8. The van der Waals surface area contributed by atoms with Crippen molar-refractivity contribution in [3.8, 4) is 0 Å². The van der Waals surface area contributed by atoms with Gasteiger partial charge in [-0.1, -0.05) is 60.7 Å². The fourth-order valence-corrected chi connectivity index (χ4v) is 2.95. The summed E-state index contributed by atoms with van der Waals surface area (Å²) in [5, 5.41) is 0. The molecule has 5 heteroatoms. The molecule has 1 aliphatic rings. The number of esters is 1. The Kier molecular flexibility index (Phi) is 6.77. The molecule has 5 nitrogen and oxygen atoms in total. The highest BCUT2D eigenvalue weighted by molar-refractivity contribution is 5.76. The van der Waals surface area contributed by atoms with E-state index in [0.29, 0.717) is 26.4 Å². The van der Waals surface area contributed by atoms with E-state index in [1.807, 2.05) is 60.7 Å². The summed E-state index contributed by atoms with van der Waals surface area (Å²) in [6, 6.07) is 19.9. The van der Waals surface area contributed by atoms with Crippen LogP contribution in [0.1, 0.15) is 11.1 Å². The summed E-state index contributed by atoms with van der Waals surface area (Å²) in [6.07, 6.45) is -0.750. The van der Waals surface area contributed by atoms with Gasteiger partial charge in [-0.25, -0.2) is 4.79 Å². The minimum atomic E-state index is -0.582. The van der Waals surface area contributed by atoms with Gasteiger partial charge in [0.05, 0.1) is 39.6 Å². The number of hydrogen-bond acceptors (Lipinski definition) is 5. The van der Waals surface area contributed by atoms with E-state index in [-0.39, 0.29) is 18.0 Å². The molecular weight excluding hydrogens is 332 g/mol. The Hall–Kier alpha value is -2.21. The molecule has 1 saturated heterocycles. The topological polar surface area (TPSA) is 54.0 Å². The van der Waals surface area contributed by atoms with E-state index in [1.54, 1.807) is 0 Å². The van der Waals surface area contributed by atoms with E-state index in [2.05, 4.69) is 0 Å². The van der Waals surface area contributed by atoms with Gasteiger partial charge < -0.3 is 18.9 Å². The van der Waals surface area contributed by atoms with Crippen LogP contribution in [0, 0.1) is 5.92 Å². The summed E-state index contributed by atoms with van der Waals surface area (Å²) in [5.74, 6) is -0.431. The van der Waals surface area contributed by atoms with Crippen LogP contribution in [0.2, 0.25) is 0 Å². The number of hydrogen-bond donors (Lipinski definition) is 0. The van der Waals surface area contributed by atoms with Gasteiger partial charge in [-0.15, -0.1) is 0 Å². The van der Waals surface area contributed by atoms with Crippen molar-refractivity contribution in [2.45, 2.75) is 25.4 Å². The number of benzene rings is 2. The van der Waals surface area contributed by atoms with Crippen molar-refractivity contribution in [2.75, 3.05) is 20.3 Å². The zero-order chi connectivity index (χ0) is 18.2.